The number of aromatic amines is 1. The number of H-pyrrole nitrogens is 1. The van der Waals surface area contributed by atoms with E-state index in [4.69, 9.17) is 5.73 Å². The number of nitrogens with one attached hydrogen (secondary N) is 2. The van der Waals surface area contributed by atoms with E-state index in [1.165, 1.54) is 12.5 Å². The minimum absolute atomic E-state index is 0.113. The van der Waals surface area contributed by atoms with Crippen molar-refractivity contribution in [3.05, 3.63) is 41.6 Å². The van der Waals surface area contributed by atoms with Crippen molar-refractivity contribution in [2.24, 2.45) is 5.73 Å². The van der Waals surface area contributed by atoms with Crippen molar-refractivity contribution in [3.63, 3.8) is 0 Å². The molecule has 2 aromatic heterocycles. The Balaban J connectivity index is 2.29. The van der Waals surface area contributed by atoms with Gasteiger partial charge in [0, 0.05) is 6.20 Å². The number of nitrogens with zero attached hydrogens (tertiary/aromatic N) is 2. The fourth-order valence-corrected chi connectivity index (χ4v) is 1.51. The van der Waals surface area contributed by atoms with Gasteiger partial charge in [0.05, 0.1) is 24.1 Å². The van der Waals surface area contributed by atoms with Crippen molar-refractivity contribution in [1.82, 2.24) is 15.0 Å². The van der Waals surface area contributed by atoms with Gasteiger partial charge in [0.2, 0.25) is 0 Å². The third-order valence-electron chi connectivity index (χ3n) is 2.45. The molecule has 6 nitrogen and oxygen atoms in total. The van der Waals surface area contributed by atoms with Gasteiger partial charge in [-0.05, 0) is 12.1 Å². The smallest absolute Gasteiger partial charge is 0.365 e. The molecule has 0 spiro atoms. The minimum atomic E-state index is -4.60. The molecule has 2 aromatic rings. The van der Waals surface area contributed by atoms with Gasteiger partial charge in [0.1, 0.15) is 11.5 Å². The van der Waals surface area contributed by atoms with Crippen LogP contribution in [0.25, 0.3) is 0 Å². The Hall–Kier alpha value is -2.58. The third-order valence-corrected chi connectivity index (χ3v) is 2.45. The fraction of sp³-hybridized carbons (Fsp3) is 0.182. The lowest BCUT2D eigenvalue weighted by molar-refractivity contribution is -0.141. The molecule has 0 aromatic carbocycles. The average Bonchev–Trinajstić information content (AvgIpc) is 2.87. The van der Waals surface area contributed by atoms with E-state index in [9.17, 15) is 18.0 Å². The van der Waals surface area contributed by atoms with Crippen molar-refractivity contribution in [2.45, 2.75) is 12.7 Å². The van der Waals surface area contributed by atoms with Crippen molar-refractivity contribution in [3.8, 4) is 0 Å². The maximum atomic E-state index is 12.6. The Bertz CT molecular complexity index is 609. The maximum Gasteiger partial charge on any atom is 0.433 e. The van der Waals surface area contributed by atoms with Crippen LogP contribution in [0.4, 0.5) is 19.0 Å². The van der Waals surface area contributed by atoms with E-state index in [0.717, 1.165) is 6.07 Å². The molecule has 0 saturated carbocycles. The fourth-order valence-electron chi connectivity index (χ4n) is 1.51. The van der Waals surface area contributed by atoms with Crippen LogP contribution < -0.4 is 11.1 Å². The first-order valence-electron chi connectivity index (χ1n) is 5.47. The molecule has 0 saturated heterocycles. The van der Waals surface area contributed by atoms with Crippen LogP contribution in [0.2, 0.25) is 0 Å². The Kier molecular flexibility index (Phi) is 3.59. The third kappa shape index (κ3) is 3.05. The molecular formula is C11H10F3N5O. The van der Waals surface area contributed by atoms with Gasteiger partial charge in [0.15, 0.2) is 0 Å². The quantitative estimate of drug-likeness (QED) is 0.793. The molecule has 0 unspecified atom stereocenters. The summed E-state index contributed by atoms with van der Waals surface area (Å²) < 4.78 is 37.8. The number of carbonyl (C=O) groups excluding carboxylic acids is 1. The molecule has 1 amide bonds. The van der Waals surface area contributed by atoms with Crippen molar-refractivity contribution >= 4 is 11.7 Å². The molecule has 2 heterocycles. The van der Waals surface area contributed by atoms with Crippen LogP contribution in [0.3, 0.4) is 0 Å². The Labute approximate surface area is 111 Å². The molecule has 0 bridgehead atoms. The molecule has 20 heavy (non-hydrogen) atoms. The SMILES string of the molecule is NC(=O)c1ccc(C(F)(F)F)nc1NCc1cnc[nH]1. The van der Waals surface area contributed by atoms with E-state index in [2.05, 4.69) is 20.3 Å². The van der Waals surface area contributed by atoms with Gasteiger partial charge in [-0.3, -0.25) is 4.79 Å². The van der Waals surface area contributed by atoms with Crippen LogP contribution in [0.5, 0.6) is 0 Å². The van der Waals surface area contributed by atoms with Crippen LogP contribution in [0.1, 0.15) is 21.7 Å². The normalized spacial score (nSPS) is 11.3. The van der Waals surface area contributed by atoms with E-state index in [0.29, 0.717) is 11.8 Å². The number of rotatable bonds is 4. The summed E-state index contributed by atoms with van der Waals surface area (Å²) >= 11 is 0. The van der Waals surface area contributed by atoms with Gasteiger partial charge in [-0.2, -0.15) is 13.2 Å². The van der Waals surface area contributed by atoms with E-state index in [1.54, 1.807) is 0 Å². The highest BCUT2D eigenvalue weighted by atomic mass is 19.4. The average molecular weight is 285 g/mol. The molecule has 4 N–H and O–H groups in total. The van der Waals surface area contributed by atoms with Gasteiger partial charge < -0.3 is 16.0 Å². The van der Waals surface area contributed by atoms with Crippen molar-refractivity contribution in [1.29, 1.82) is 0 Å². The molecule has 0 aliphatic heterocycles. The predicted molar refractivity (Wildman–Crippen MR) is 63.7 cm³/mol. The number of amides is 1. The van der Waals surface area contributed by atoms with Gasteiger partial charge in [-0.1, -0.05) is 0 Å². The molecule has 0 aliphatic rings. The molecule has 0 aliphatic carbocycles. The van der Waals surface area contributed by atoms with E-state index in [1.807, 2.05) is 0 Å². The highest BCUT2D eigenvalue weighted by Gasteiger charge is 2.33. The minimum Gasteiger partial charge on any atom is -0.365 e. The Morgan fingerprint density at radius 2 is 2.15 bits per heavy atom. The predicted octanol–water partition coefficient (Wildman–Crippen LogP) is 1.53. The molecule has 106 valence electrons. The number of nitrogens with two attached hydrogens (primary N) is 1. The first kappa shape index (κ1) is 13.8. The number of primary amides is 1. The number of alkyl halides is 3. The first-order valence-corrected chi connectivity index (χ1v) is 5.47. The second-order valence-corrected chi connectivity index (χ2v) is 3.89. The second-order valence-electron chi connectivity index (χ2n) is 3.89. The number of hydrogen-bond donors (Lipinski definition) is 3. The van der Waals surface area contributed by atoms with Crippen LogP contribution >= 0.6 is 0 Å². The number of imidazole rings is 1. The second kappa shape index (κ2) is 5.19. The lowest BCUT2D eigenvalue weighted by atomic mass is 10.2. The topological polar surface area (TPSA) is 96.7 Å². The van der Waals surface area contributed by atoms with E-state index >= 15 is 0 Å². The summed E-state index contributed by atoms with van der Waals surface area (Å²) in [6, 6.07) is 1.70. The summed E-state index contributed by atoms with van der Waals surface area (Å²) in [4.78, 5) is 21.1. The monoisotopic (exact) mass is 285 g/mol. The van der Waals surface area contributed by atoms with Crippen LogP contribution in [-0.2, 0) is 12.7 Å². The first-order chi connectivity index (χ1) is 9.38. The van der Waals surface area contributed by atoms with Gasteiger partial charge in [0.25, 0.3) is 5.91 Å². The summed E-state index contributed by atoms with van der Waals surface area (Å²) in [5, 5.41) is 2.63. The molecule has 9 heteroatoms. The lowest BCUT2D eigenvalue weighted by Gasteiger charge is -2.12. The Morgan fingerprint density at radius 1 is 1.40 bits per heavy atom. The highest BCUT2D eigenvalue weighted by molar-refractivity contribution is 5.97. The molecule has 0 radical (unpaired) electrons. The maximum absolute atomic E-state index is 12.6. The van der Waals surface area contributed by atoms with Crippen LogP contribution in [-0.4, -0.2) is 20.9 Å². The van der Waals surface area contributed by atoms with E-state index < -0.39 is 17.8 Å². The van der Waals surface area contributed by atoms with Gasteiger partial charge in [-0.15, -0.1) is 0 Å². The van der Waals surface area contributed by atoms with Crippen molar-refractivity contribution in [2.75, 3.05) is 5.32 Å². The summed E-state index contributed by atoms with van der Waals surface area (Å²) in [5.41, 5.74) is 4.51. The summed E-state index contributed by atoms with van der Waals surface area (Å²) in [5.74, 6) is -1.08. The van der Waals surface area contributed by atoms with E-state index in [-0.39, 0.29) is 17.9 Å². The summed E-state index contributed by atoms with van der Waals surface area (Å²) in [6.45, 7) is 0.134. The van der Waals surface area contributed by atoms with Crippen LogP contribution in [0.15, 0.2) is 24.7 Å². The number of halogens is 3. The zero-order valence-electron chi connectivity index (χ0n) is 10.0. The zero-order valence-corrected chi connectivity index (χ0v) is 10.0. The molecule has 2 rings (SSSR count). The summed E-state index contributed by atoms with van der Waals surface area (Å²) in [7, 11) is 0. The number of pyridine rings is 1. The lowest BCUT2D eigenvalue weighted by Crippen LogP contribution is -2.18. The molecule has 0 fully saturated rings. The largest absolute Gasteiger partial charge is 0.433 e. The molecule has 0 atom stereocenters. The number of hydrogen-bond acceptors (Lipinski definition) is 4. The van der Waals surface area contributed by atoms with Gasteiger partial charge in [-0.25, -0.2) is 9.97 Å². The standard InChI is InChI=1S/C11H10F3N5O/c12-11(13,14)8-2-1-7(9(15)20)10(19-8)17-4-6-3-16-5-18-6/h1-3,5H,4H2,(H2,15,20)(H,16,18)(H,17,19). The summed E-state index contributed by atoms with van der Waals surface area (Å²) in [6.07, 6.45) is -1.68. The van der Waals surface area contributed by atoms with Crippen LogP contribution in [0, 0.1) is 0 Å². The molecular weight excluding hydrogens is 275 g/mol. The van der Waals surface area contributed by atoms with Crippen molar-refractivity contribution < 1.29 is 18.0 Å². The zero-order chi connectivity index (χ0) is 14.8. The number of aromatic nitrogens is 3. The highest BCUT2D eigenvalue weighted by Crippen LogP contribution is 2.29. The Morgan fingerprint density at radius 3 is 2.70 bits per heavy atom. The van der Waals surface area contributed by atoms with Gasteiger partial charge >= 0.3 is 6.18 Å². The number of anilines is 1. The number of carbonyl (C=O) groups is 1.